The van der Waals surface area contributed by atoms with Gasteiger partial charge in [0.1, 0.15) is 0 Å². The molecule has 0 saturated heterocycles. The molecule has 60 valence electrons. The molecule has 0 rings (SSSR count). The topological polar surface area (TPSA) is 29.3 Å². The maximum atomic E-state index is 5.58. The Labute approximate surface area is 67.6 Å². The zero-order valence-corrected chi connectivity index (χ0v) is 7.19. The van der Waals surface area contributed by atoms with Gasteiger partial charge in [-0.25, -0.2) is 0 Å². The Morgan fingerprint density at radius 2 is 2.30 bits per heavy atom. The van der Waals surface area contributed by atoms with Crippen LogP contribution in [0.15, 0.2) is 11.6 Å². The van der Waals surface area contributed by atoms with Gasteiger partial charge in [0, 0.05) is 11.6 Å². The van der Waals surface area contributed by atoms with Crippen LogP contribution in [0.4, 0.5) is 0 Å². The first-order valence-electron chi connectivity index (χ1n) is 3.38. The number of likely N-dealkylation sites (N-methyl/N-ethyl adjacent to an activating group) is 1. The Hall–Kier alpha value is -0.0500. The predicted molar refractivity (Wildman–Crippen MR) is 46.2 cm³/mol. The molecule has 3 heteroatoms. The molecule has 0 fully saturated rings. The Balaban J connectivity index is 3.25. The molecular weight excluding hydrogens is 148 g/mol. The lowest BCUT2D eigenvalue weighted by molar-refractivity contribution is 0.364. The predicted octanol–water partition coefficient (Wildman–Crippen LogP) is 1.02. The molecule has 0 heterocycles. The highest BCUT2D eigenvalue weighted by Gasteiger charge is 1.96. The Kier molecular flexibility index (Phi) is 5.69. The number of halogens is 1. The van der Waals surface area contributed by atoms with E-state index in [1.807, 2.05) is 7.05 Å². The van der Waals surface area contributed by atoms with E-state index in [2.05, 4.69) is 11.5 Å². The van der Waals surface area contributed by atoms with Crippen LogP contribution in [-0.4, -0.2) is 31.6 Å². The summed E-state index contributed by atoms with van der Waals surface area (Å²) in [5.74, 6) is 0. The number of nitrogens with two attached hydrogens (primary N) is 1. The monoisotopic (exact) mass is 162 g/mol. The molecule has 0 aliphatic carbocycles. The van der Waals surface area contributed by atoms with Crippen molar-refractivity contribution in [2.24, 2.45) is 5.73 Å². The van der Waals surface area contributed by atoms with E-state index in [-0.39, 0.29) is 0 Å². The molecule has 0 unspecified atom stereocenters. The van der Waals surface area contributed by atoms with Gasteiger partial charge in [-0.05, 0) is 26.6 Å². The molecule has 0 aromatic rings. The fourth-order valence-corrected chi connectivity index (χ4v) is 0.937. The normalized spacial score (nSPS) is 10.4. The standard InChI is InChI=1S/C7H15ClN2/c1-7(8)6-10(2)5-3-4-9/h1,3-6,9H2,2H3. The summed E-state index contributed by atoms with van der Waals surface area (Å²) < 4.78 is 0. The lowest BCUT2D eigenvalue weighted by atomic mass is 10.4. The molecule has 0 radical (unpaired) electrons. The van der Waals surface area contributed by atoms with E-state index in [9.17, 15) is 0 Å². The van der Waals surface area contributed by atoms with Gasteiger partial charge in [0.15, 0.2) is 0 Å². The highest BCUT2D eigenvalue weighted by atomic mass is 35.5. The van der Waals surface area contributed by atoms with Gasteiger partial charge < -0.3 is 10.6 Å². The van der Waals surface area contributed by atoms with Crippen molar-refractivity contribution in [3.05, 3.63) is 11.6 Å². The average Bonchev–Trinajstić information content (AvgIpc) is 1.82. The smallest absolute Gasteiger partial charge is 0.0332 e. The maximum Gasteiger partial charge on any atom is 0.0332 e. The van der Waals surface area contributed by atoms with E-state index in [0.29, 0.717) is 5.03 Å². The summed E-state index contributed by atoms with van der Waals surface area (Å²) in [7, 11) is 2.00. The summed E-state index contributed by atoms with van der Waals surface area (Å²) in [6, 6.07) is 0. The van der Waals surface area contributed by atoms with Gasteiger partial charge in [-0.3, -0.25) is 0 Å². The van der Waals surface area contributed by atoms with Crippen molar-refractivity contribution >= 4 is 11.6 Å². The van der Waals surface area contributed by atoms with Gasteiger partial charge in [0.2, 0.25) is 0 Å². The average molecular weight is 163 g/mol. The molecule has 0 spiro atoms. The van der Waals surface area contributed by atoms with Crippen molar-refractivity contribution in [3.63, 3.8) is 0 Å². The van der Waals surface area contributed by atoms with Crippen LogP contribution in [0.1, 0.15) is 6.42 Å². The molecule has 0 aliphatic heterocycles. The molecular formula is C7H15ClN2. The van der Waals surface area contributed by atoms with Crippen molar-refractivity contribution in [3.8, 4) is 0 Å². The van der Waals surface area contributed by atoms with Crippen molar-refractivity contribution in [2.75, 3.05) is 26.7 Å². The molecule has 2 N–H and O–H groups in total. The first-order chi connectivity index (χ1) is 4.66. The largest absolute Gasteiger partial charge is 0.330 e. The Morgan fingerprint density at radius 1 is 1.70 bits per heavy atom. The third-order valence-corrected chi connectivity index (χ3v) is 1.30. The van der Waals surface area contributed by atoms with Crippen LogP contribution >= 0.6 is 11.6 Å². The summed E-state index contributed by atoms with van der Waals surface area (Å²) in [5.41, 5.74) is 5.33. The van der Waals surface area contributed by atoms with E-state index >= 15 is 0 Å². The van der Waals surface area contributed by atoms with Crippen molar-refractivity contribution in [2.45, 2.75) is 6.42 Å². The van der Waals surface area contributed by atoms with Crippen LogP contribution in [0.2, 0.25) is 0 Å². The van der Waals surface area contributed by atoms with Crippen LogP contribution < -0.4 is 5.73 Å². The highest BCUT2D eigenvalue weighted by molar-refractivity contribution is 6.29. The number of rotatable bonds is 5. The minimum Gasteiger partial charge on any atom is -0.330 e. The number of hydrogen-bond acceptors (Lipinski definition) is 2. The highest BCUT2D eigenvalue weighted by Crippen LogP contribution is 1.98. The van der Waals surface area contributed by atoms with Gasteiger partial charge in [-0.1, -0.05) is 18.2 Å². The van der Waals surface area contributed by atoms with E-state index in [0.717, 1.165) is 26.1 Å². The minimum absolute atomic E-state index is 0.680. The first kappa shape index (κ1) is 9.95. The van der Waals surface area contributed by atoms with E-state index in [1.165, 1.54) is 0 Å². The van der Waals surface area contributed by atoms with Crippen LogP contribution in [0.25, 0.3) is 0 Å². The molecule has 2 nitrogen and oxygen atoms in total. The van der Waals surface area contributed by atoms with Crippen molar-refractivity contribution < 1.29 is 0 Å². The molecule has 0 atom stereocenters. The quantitative estimate of drug-likeness (QED) is 0.654. The van der Waals surface area contributed by atoms with Gasteiger partial charge >= 0.3 is 0 Å². The van der Waals surface area contributed by atoms with Crippen LogP contribution in [0, 0.1) is 0 Å². The fraction of sp³-hybridized carbons (Fsp3) is 0.714. The lowest BCUT2D eigenvalue weighted by Gasteiger charge is -2.14. The van der Waals surface area contributed by atoms with Crippen LogP contribution in [0.5, 0.6) is 0 Å². The summed E-state index contributed by atoms with van der Waals surface area (Å²) in [6.45, 7) is 6.07. The van der Waals surface area contributed by atoms with E-state index < -0.39 is 0 Å². The molecule has 0 amide bonds. The molecule has 10 heavy (non-hydrogen) atoms. The second-order valence-electron chi connectivity index (χ2n) is 2.40. The van der Waals surface area contributed by atoms with Crippen LogP contribution in [0.3, 0.4) is 0 Å². The number of hydrogen-bond donors (Lipinski definition) is 1. The molecule has 0 aromatic heterocycles. The third-order valence-electron chi connectivity index (χ3n) is 1.19. The van der Waals surface area contributed by atoms with Crippen molar-refractivity contribution in [1.82, 2.24) is 4.90 Å². The van der Waals surface area contributed by atoms with Gasteiger partial charge in [-0.2, -0.15) is 0 Å². The Morgan fingerprint density at radius 3 is 2.70 bits per heavy atom. The zero-order valence-electron chi connectivity index (χ0n) is 6.44. The van der Waals surface area contributed by atoms with Gasteiger partial charge in [-0.15, -0.1) is 0 Å². The van der Waals surface area contributed by atoms with Gasteiger partial charge in [0.05, 0.1) is 0 Å². The summed E-state index contributed by atoms with van der Waals surface area (Å²) >= 11 is 5.58. The van der Waals surface area contributed by atoms with E-state index in [4.69, 9.17) is 17.3 Å². The summed E-state index contributed by atoms with van der Waals surface area (Å²) in [6.07, 6.45) is 1.01. The van der Waals surface area contributed by atoms with Crippen LogP contribution in [-0.2, 0) is 0 Å². The zero-order chi connectivity index (χ0) is 7.98. The SMILES string of the molecule is C=C(Cl)CN(C)CCCN. The third kappa shape index (κ3) is 6.08. The molecule has 0 bridgehead atoms. The maximum absolute atomic E-state index is 5.58. The van der Waals surface area contributed by atoms with Gasteiger partial charge in [0.25, 0.3) is 0 Å². The lowest BCUT2D eigenvalue weighted by Crippen LogP contribution is -2.22. The second kappa shape index (κ2) is 5.71. The molecule has 0 aliphatic rings. The fourth-order valence-electron chi connectivity index (χ4n) is 0.733. The van der Waals surface area contributed by atoms with E-state index in [1.54, 1.807) is 0 Å². The first-order valence-corrected chi connectivity index (χ1v) is 3.76. The minimum atomic E-state index is 0.680. The summed E-state index contributed by atoms with van der Waals surface area (Å²) in [4.78, 5) is 2.10. The second-order valence-corrected chi connectivity index (χ2v) is 2.93. The number of nitrogens with zero attached hydrogens (tertiary/aromatic N) is 1. The summed E-state index contributed by atoms with van der Waals surface area (Å²) in [5, 5.41) is 0.680. The van der Waals surface area contributed by atoms with Crippen molar-refractivity contribution in [1.29, 1.82) is 0 Å². The molecule has 0 saturated carbocycles. The Bertz CT molecular complexity index is 104. The molecule has 0 aromatic carbocycles.